The molecule has 5 nitrogen and oxygen atoms in total. The number of fused-ring (bicyclic) bond motifs is 1. The number of sulfonamides is 1. The third-order valence-electron chi connectivity index (χ3n) is 3.68. The zero-order valence-electron chi connectivity index (χ0n) is 11.5. The summed E-state index contributed by atoms with van der Waals surface area (Å²) in [5, 5.41) is 12.5. The number of nitrogens with one attached hydrogen (secondary N) is 1. The summed E-state index contributed by atoms with van der Waals surface area (Å²) in [4.78, 5) is 0.277. The van der Waals surface area contributed by atoms with Gasteiger partial charge in [-0.05, 0) is 44.0 Å². The van der Waals surface area contributed by atoms with E-state index in [0.29, 0.717) is 0 Å². The van der Waals surface area contributed by atoms with Gasteiger partial charge >= 0.3 is 0 Å². The van der Waals surface area contributed by atoms with E-state index >= 15 is 0 Å². The molecule has 0 amide bonds. The van der Waals surface area contributed by atoms with Crippen molar-refractivity contribution in [2.45, 2.75) is 30.7 Å². The minimum atomic E-state index is -3.58. The molecule has 0 saturated carbocycles. The van der Waals surface area contributed by atoms with Crippen molar-refractivity contribution in [2.75, 3.05) is 25.5 Å². The lowest BCUT2D eigenvalue weighted by Gasteiger charge is -2.32. The Labute approximate surface area is 114 Å². The molecule has 1 aliphatic rings. The first kappa shape index (κ1) is 14.3. The van der Waals surface area contributed by atoms with Gasteiger partial charge in [-0.15, -0.1) is 0 Å². The topological polar surface area (TPSA) is 69.6 Å². The summed E-state index contributed by atoms with van der Waals surface area (Å²) in [6.45, 7) is 4.00. The smallest absolute Gasteiger partial charge is 0.243 e. The molecule has 2 rings (SSSR count). The highest BCUT2D eigenvalue weighted by molar-refractivity contribution is 7.89. The van der Waals surface area contributed by atoms with Gasteiger partial charge in [0, 0.05) is 19.3 Å². The van der Waals surface area contributed by atoms with Crippen LogP contribution in [0.5, 0.6) is 0 Å². The second kappa shape index (κ2) is 4.77. The lowest BCUT2D eigenvalue weighted by molar-refractivity contribution is 0.138. The van der Waals surface area contributed by atoms with E-state index in [9.17, 15) is 13.5 Å². The highest BCUT2D eigenvalue weighted by Gasteiger charge is 2.33. The molecule has 1 aromatic rings. The molecule has 0 atom stereocenters. The fraction of sp³-hybridized carbons (Fsp3) is 0.538. The van der Waals surface area contributed by atoms with Crippen LogP contribution >= 0.6 is 0 Å². The van der Waals surface area contributed by atoms with Crippen LogP contribution in [-0.4, -0.2) is 43.6 Å². The fourth-order valence-corrected chi connectivity index (χ4v) is 3.58. The standard InChI is InChI=1S/C13H20N2O3S/c1-13(2,9-16)15(3)19(17,18)11-4-5-12-10(8-11)6-7-14-12/h4-5,8,14,16H,6-7,9H2,1-3H3. The first-order valence-electron chi connectivity index (χ1n) is 6.26. The maximum Gasteiger partial charge on any atom is 0.243 e. The minimum Gasteiger partial charge on any atom is -0.394 e. The van der Waals surface area contributed by atoms with Crippen LogP contribution in [-0.2, 0) is 16.4 Å². The summed E-state index contributed by atoms with van der Waals surface area (Å²) in [6, 6.07) is 5.13. The van der Waals surface area contributed by atoms with Crippen LogP contribution < -0.4 is 5.32 Å². The Balaban J connectivity index is 2.40. The molecule has 1 aromatic carbocycles. The van der Waals surface area contributed by atoms with Gasteiger partial charge in [0.05, 0.1) is 17.0 Å². The van der Waals surface area contributed by atoms with Crippen molar-refractivity contribution in [3.05, 3.63) is 23.8 Å². The molecule has 0 unspecified atom stereocenters. The zero-order valence-corrected chi connectivity index (χ0v) is 12.3. The van der Waals surface area contributed by atoms with Crippen LogP contribution in [0.4, 0.5) is 5.69 Å². The van der Waals surface area contributed by atoms with E-state index in [2.05, 4.69) is 5.32 Å². The molecule has 0 spiro atoms. The molecule has 0 aromatic heterocycles. The molecule has 0 radical (unpaired) electrons. The third kappa shape index (κ3) is 2.48. The van der Waals surface area contributed by atoms with E-state index in [1.54, 1.807) is 32.0 Å². The van der Waals surface area contributed by atoms with E-state index in [1.165, 1.54) is 11.4 Å². The Morgan fingerprint density at radius 2 is 2.11 bits per heavy atom. The molecule has 106 valence electrons. The largest absolute Gasteiger partial charge is 0.394 e. The highest BCUT2D eigenvalue weighted by atomic mass is 32.2. The van der Waals surface area contributed by atoms with Gasteiger partial charge in [-0.3, -0.25) is 0 Å². The quantitative estimate of drug-likeness (QED) is 0.867. The number of anilines is 1. The predicted molar refractivity (Wildman–Crippen MR) is 74.7 cm³/mol. The Bertz CT molecular complexity index is 582. The van der Waals surface area contributed by atoms with Crippen LogP contribution in [0.15, 0.2) is 23.1 Å². The minimum absolute atomic E-state index is 0.227. The second-order valence-electron chi connectivity index (χ2n) is 5.44. The Morgan fingerprint density at radius 1 is 1.42 bits per heavy atom. The first-order valence-corrected chi connectivity index (χ1v) is 7.70. The number of likely N-dealkylation sites (N-methyl/N-ethyl adjacent to an activating group) is 1. The number of aliphatic hydroxyl groups excluding tert-OH is 1. The van der Waals surface area contributed by atoms with E-state index in [-0.39, 0.29) is 11.5 Å². The number of aliphatic hydroxyl groups is 1. The summed E-state index contributed by atoms with van der Waals surface area (Å²) in [6.07, 6.45) is 0.839. The van der Waals surface area contributed by atoms with Crippen molar-refractivity contribution >= 4 is 15.7 Å². The van der Waals surface area contributed by atoms with Gasteiger partial charge in [-0.1, -0.05) is 0 Å². The van der Waals surface area contributed by atoms with E-state index in [4.69, 9.17) is 0 Å². The van der Waals surface area contributed by atoms with Crippen molar-refractivity contribution < 1.29 is 13.5 Å². The van der Waals surface area contributed by atoms with Gasteiger partial charge in [0.2, 0.25) is 10.0 Å². The first-order chi connectivity index (χ1) is 8.79. The molecule has 0 fully saturated rings. The predicted octanol–water partition coefficient (Wildman–Crippen LogP) is 1.05. The zero-order chi connectivity index (χ0) is 14.3. The van der Waals surface area contributed by atoms with Crippen LogP contribution in [0.2, 0.25) is 0 Å². The molecule has 1 heterocycles. The molecular formula is C13H20N2O3S. The molecule has 19 heavy (non-hydrogen) atoms. The Kier molecular flexibility index (Phi) is 3.59. The molecule has 6 heteroatoms. The number of benzene rings is 1. The van der Waals surface area contributed by atoms with Crippen molar-refractivity contribution in [1.29, 1.82) is 0 Å². The summed E-state index contributed by atoms with van der Waals surface area (Å²) in [5.74, 6) is 0. The summed E-state index contributed by atoms with van der Waals surface area (Å²) >= 11 is 0. The highest BCUT2D eigenvalue weighted by Crippen LogP contribution is 2.28. The molecular weight excluding hydrogens is 264 g/mol. The fourth-order valence-electron chi connectivity index (χ4n) is 2.02. The van der Waals surface area contributed by atoms with Crippen LogP contribution in [0, 0.1) is 0 Å². The summed E-state index contributed by atoms with van der Waals surface area (Å²) in [7, 11) is -2.09. The SMILES string of the molecule is CN(C(C)(C)CO)S(=O)(=O)c1ccc2c(c1)CCN2. The number of hydrogen-bond donors (Lipinski definition) is 2. The van der Waals surface area contributed by atoms with Crippen molar-refractivity contribution in [2.24, 2.45) is 0 Å². The number of rotatable bonds is 4. The van der Waals surface area contributed by atoms with Crippen molar-refractivity contribution in [3.8, 4) is 0 Å². The van der Waals surface area contributed by atoms with Crippen LogP contribution in [0.25, 0.3) is 0 Å². The van der Waals surface area contributed by atoms with Gasteiger partial charge in [-0.2, -0.15) is 4.31 Å². The molecule has 0 bridgehead atoms. The van der Waals surface area contributed by atoms with E-state index in [0.717, 1.165) is 24.2 Å². The lowest BCUT2D eigenvalue weighted by atomic mass is 10.1. The van der Waals surface area contributed by atoms with Crippen LogP contribution in [0.3, 0.4) is 0 Å². The number of nitrogens with zero attached hydrogens (tertiary/aromatic N) is 1. The third-order valence-corrected chi connectivity index (χ3v) is 5.75. The van der Waals surface area contributed by atoms with Gasteiger partial charge in [-0.25, -0.2) is 8.42 Å². The monoisotopic (exact) mass is 284 g/mol. The van der Waals surface area contributed by atoms with Crippen molar-refractivity contribution in [1.82, 2.24) is 4.31 Å². The summed E-state index contributed by atoms with van der Waals surface area (Å²) < 4.78 is 26.3. The second-order valence-corrected chi connectivity index (χ2v) is 7.41. The van der Waals surface area contributed by atoms with E-state index < -0.39 is 15.6 Å². The van der Waals surface area contributed by atoms with Crippen molar-refractivity contribution in [3.63, 3.8) is 0 Å². The van der Waals surface area contributed by atoms with E-state index in [1.807, 2.05) is 0 Å². The average molecular weight is 284 g/mol. The number of hydrogen-bond acceptors (Lipinski definition) is 4. The van der Waals surface area contributed by atoms with Gasteiger partial charge < -0.3 is 10.4 Å². The average Bonchev–Trinajstić information content (AvgIpc) is 2.84. The Morgan fingerprint density at radius 3 is 2.74 bits per heavy atom. The maximum absolute atomic E-state index is 12.5. The van der Waals surface area contributed by atoms with Gasteiger partial charge in [0.15, 0.2) is 0 Å². The summed E-state index contributed by atoms with van der Waals surface area (Å²) in [5.41, 5.74) is 1.20. The van der Waals surface area contributed by atoms with Gasteiger partial charge in [0.1, 0.15) is 0 Å². The van der Waals surface area contributed by atoms with Gasteiger partial charge in [0.25, 0.3) is 0 Å². The Hall–Kier alpha value is -1.11. The molecule has 0 saturated heterocycles. The maximum atomic E-state index is 12.5. The molecule has 0 aliphatic carbocycles. The van der Waals surface area contributed by atoms with Crippen LogP contribution in [0.1, 0.15) is 19.4 Å². The molecule has 2 N–H and O–H groups in total. The lowest BCUT2D eigenvalue weighted by Crippen LogP contribution is -2.47. The normalized spacial score (nSPS) is 15.4. The molecule has 1 aliphatic heterocycles.